The summed E-state index contributed by atoms with van der Waals surface area (Å²) in [5.74, 6) is 0. The summed E-state index contributed by atoms with van der Waals surface area (Å²) in [5, 5.41) is 2.14. The molecule has 1 aliphatic rings. The molecule has 0 atom stereocenters. The third-order valence-corrected chi connectivity index (χ3v) is 3.45. The summed E-state index contributed by atoms with van der Waals surface area (Å²) in [6, 6.07) is 4.77. The van der Waals surface area contributed by atoms with Crippen molar-refractivity contribution < 1.29 is 0 Å². The van der Waals surface area contributed by atoms with Crippen LogP contribution in [0.3, 0.4) is 0 Å². The molecule has 0 amide bonds. The summed E-state index contributed by atoms with van der Waals surface area (Å²) in [6.07, 6.45) is 2.32. The molecule has 0 aromatic carbocycles. The molecule has 0 spiro atoms. The highest BCUT2D eigenvalue weighted by atomic mass is 35.5. The first-order valence-corrected chi connectivity index (χ1v) is 5.73. The quantitative estimate of drug-likeness (QED) is 0.894. The van der Waals surface area contributed by atoms with E-state index < -0.39 is 0 Å². The number of halogens is 2. The summed E-state index contributed by atoms with van der Waals surface area (Å²) in [7, 11) is 0. The molecule has 88 valence electrons. The SMILES string of the molecule is Cl.Cl.NC1CCN(Cc2cccs2)CC1. The second-order valence-electron chi connectivity index (χ2n) is 3.69. The number of nitrogens with two attached hydrogens (primary N) is 1. The minimum absolute atomic E-state index is 0. The van der Waals surface area contributed by atoms with Crippen LogP contribution >= 0.6 is 36.2 Å². The number of hydrogen-bond acceptors (Lipinski definition) is 3. The molecule has 0 radical (unpaired) electrons. The Kier molecular flexibility index (Phi) is 7.57. The predicted octanol–water partition coefficient (Wildman–Crippen LogP) is 2.51. The van der Waals surface area contributed by atoms with Crippen molar-refractivity contribution in [2.24, 2.45) is 5.73 Å². The van der Waals surface area contributed by atoms with Gasteiger partial charge in [0.05, 0.1) is 0 Å². The molecule has 2 rings (SSSR count). The number of piperidine rings is 1. The molecule has 1 saturated heterocycles. The normalized spacial score (nSPS) is 17.9. The van der Waals surface area contributed by atoms with Gasteiger partial charge in [0.1, 0.15) is 0 Å². The van der Waals surface area contributed by atoms with Crippen LogP contribution in [0.25, 0.3) is 0 Å². The zero-order chi connectivity index (χ0) is 9.10. The van der Waals surface area contributed by atoms with Crippen LogP contribution in [-0.4, -0.2) is 24.0 Å². The first kappa shape index (κ1) is 15.2. The van der Waals surface area contributed by atoms with Crippen LogP contribution in [0.5, 0.6) is 0 Å². The monoisotopic (exact) mass is 268 g/mol. The Labute approximate surface area is 108 Å². The van der Waals surface area contributed by atoms with Crippen molar-refractivity contribution in [2.45, 2.75) is 25.4 Å². The van der Waals surface area contributed by atoms with Crippen molar-refractivity contribution in [3.05, 3.63) is 22.4 Å². The molecule has 0 unspecified atom stereocenters. The zero-order valence-electron chi connectivity index (χ0n) is 8.59. The second-order valence-corrected chi connectivity index (χ2v) is 4.73. The van der Waals surface area contributed by atoms with Gasteiger partial charge < -0.3 is 5.73 Å². The standard InChI is InChI=1S/C10H16N2S.2ClH/c11-9-3-5-12(6-4-9)8-10-2-1-7-13-10;;/h1-2,7,9H,3-6,8,11H2;2*1H. The summed E-state index contributed by atoms with van der Waals surface area (Å²) < 4.78 is 0. The van der Waals surface area contributed by atoms with Gasteiger partial charge in [-0.05, 0) is 37.4 Å². The van der Waals surface area contributed by atoms with E-state index in [1.807, 2.05) is 11.3 Å². The lowest BCUT2D eigenvalue weighted by Crippen LogP contribution is -2.39. The first-order valence-electron chi connectivity index (χ1n) is 4.85. The van der Waals surface area contributed by atoms with E-state index in [9.17, 15) is 0 Å². The number of hydrogen-bond donors (Lipinski definition) is 1. The zero-order valence-corrected chi connectivity index (χ0v) is 11.0. The maximum atomic E-state index is 5.85. The molecule has 2 N–H and O–H groups in total. The summed E-state index contributed by atoms with van der Waals surface area (Å²) in [6.45, 7) is 3.45. The van der Waals surface area contributed by atoms with Gasteiger partial charge in [0, 0.05) is 17.5 Å². The maximum absolute atomic E-state index is 5.85. The van der Waals surface area contributed by atoms with Gasteiger partial charge in [-0.25, -0.2) is 0 Å². The Morgan fingerprint density at radius 1 is 1.33 bits per heavy atom. The lowest BCUT2D eigenvalue weighted by molar-refractivity contribution is 0.207. The van der Waals surface area contributed by atoms with Crippen molar-refractivity contribution in [1.29, 1.82) is 0 Å². The lowest BCUT2D eigenvalue weighted by Gasteiger charge is -2.29. The highest BCUT2D eigenvalue weighted by molar-refractivity contribution is 7.09. The van der Waals surface area contributed by atoms with Crippen LogP contribution < -0.4 is 5.73 Å². The number of rotatable bonds is 2. The van der Waals surface area contributed by atoms with Crippen LogP contribution in [0.15, 0.2) is 17.5 Å². The number of likely N-dealkylation sites (tertiary alicyclic amines) is 1. The smallest absolute Gasteiger partial charge is 0.0327 e. The molecule has 1 aromatic rings. The largest absolute Gasteiger partial charge is 0.328 e. The van der Waals surface area contributed by atoms with Gasteiger partial charge >= 0.3 is 0 Å². The predicted molar refractivity (Wildman–Crippen MR) is 71.3 cm³/mol. The van der Waals surface area contributed by atoms with Gasteiger partial charge in [0.15, 0.2) is 0 Å². The van der Waals surface area contributed by atoms with E-state index in [1.165, 1.54) is 18.0 Å². The molecule has 2 heterocycles. The molecule has 1 aromatic heterocycles. The Balaban J connectivity index is 0.000000980. The molecule has 1 fully saturated rings. The molecule has 0 saturated carbocycles. The van der Waals surface area contributed by atoms with E-state index in [-0.39, 0.29) is 24.8 Å². The molecular weight excluding hydrogens is 251 g/mol. The molecule has 0 aliphatic carbocycles. The van der Waals surface area contributed by atoms with Crippen LogP contribution in [0.4, 0.5) is 0 Å². The molecule has 5 heteroatoms. The Hall–Kier alpha value is 0.200. The second kappa shape index (κ2) is 7.47. The maximum Gasteiger partial charge on any atom is 0.0327 e. The molecular formula is C10H18Cl2N2S. The minimum atomic E-state index is 0. The topological polar surface area (TPSA) is 29.3 Å². The van der Waals surface area contributed by atoms with E-state index in [0.29, 0.717) is 6.04 Å². The van der Waals surface area contributed by atoms with Gasteiger partial charge in [-0.1, -0.05) is 6.07 Å². The van der Waals surface area contributed by atoms with Crippen molar-refractivity contribution in [3.8, 4) is 0 Å². The van der Waals surface area contributed by atoms with Crippen molar-refractivity contribution in [3.63, 3.8) is 0 Å². The van der Waals surface area contributed by atoms with Crippen LogP contribution in [0.2, 0.25) is 0 Å². The summed E-state index contributed by atoms with van der Waals surface area (Å²) in [4.78, 5) is 3.96. The van der Waals surface area contributed by atoms with E-state index in [2.05, 4.69) is 22.4 Å². The van der Waals surface area contributed by atoms with Gasteiger partial charge in [-0.2, -0.15) is 0 Å². The van der Waals surface area contributed by atoms with Gasteiger partial charge in [-0.3, -0.25) is 4.90 Å². The van der Waals surface area contributed by atoms with E-state index >= 15 is 0 Å². The average molecular weight is 269 g/mol. The fourth-order valence-corrected chi connectivity index (χ4v) is 2.48. The molecule has 1 aliphatic heterocycles. The van der Waals surface area contributed by atoms with Gasteiger partial charge in [0.25, 0.3) is 0 Å². The van der Waals surface area contributed by atoms with E-state index in [1.54, 1.807) is 0 Å². The van der Waals surface area contributed by atoms with Crippen LogP contribution in [0.1, 0.15) is 17.7 Å². The summed E-state index contributed by atoms with van der Waals surface area (Å²) in [5.41, 5.74) is 5.85. The summed E-state index contributed by atoms with van der Waals surface area (Å²) >= 11 is 1.84. The number of nitrogens with zero attached hydrogens (tertiary/aromatic N) is 1. The van der Waals surface area contributed by atoms with E-state index in [4.69, 9.17) is 5.73 Å². The highest BCUT2D eigenvalue weighted by Gasteiger charge is 2.15. The molecule has 15 heavy (non-hydrogen) atoms. The van der Waals surface area contributed by atoms with Crippen molar-refractivity contribution in [1.82, 2.24) is 4.90 Å². The fraction of sp³-hybridized carbons (Fsp3) is 0.600. The van der Waals surface area contributed by atoms with E-state index in [0.717, 1.165) is 19.4 Å². The minimum Gasteiger partial charge on any atom is -0.328 e. The Bertz CT molecular complexity index is 246. The first-order chi connectivity index (χ1) is 6.34. The van der Waals surface area contributed by atoms with Crippen molar-refractivity contribution in [2.75, 3.05) is 13.1 Å². The van der Waals surface area contributed by atoms with Crippen molar-refractivity contribution >= 4 is 36.2 Å². The highest BCUT2D eigenvalue weighted by Crippen LogP contribution is 2.15. The Morgan fingerprint density at radius 3 is 2.53 bits per heavy atom. The lowest BCUT2D eigenvalue weighted by atomic mass is 10.1. The fourth-order valence-electron chi connectivity index (χ4n) is 1.73. The number of thiophene rings is 1. The Morgan fingerprint density at radius 2 is 2.00 bits per heavy atom. The molecule has 0 bridgehead atoms. The van der Waals surface area contributed by atoms with Gasteiger partial charge in [0.2, 0.25) is 0 Å². The van der Waals surface area contributed by atoms with Gasteiger partial charge in [-0.15, -0.1) is 36.2 Å². The molecule has 2 nitrogen and oxygen atoms in total. The third-order valence-electron chi connectivity index (χ3n) is 2.59. The average Bonchev–Trinajstić information content (AvgIpc) is 2.62. The third kappa shape index (κ3) is 4.70. The van der Waals surface area contributed by atoms with Crippen LogP contribution in [0, 0.1) is 0 Å². The van der Waals surface area contributed by atoms with Crippen LogP contribution in [-0.2, 0) is 6.54 Å².